The van der Waals surface area contributed by atoms with Crippen molar-refractivity contribution < 1.29 is 4.79 Å². The van der Waals surface area contributed by atoms with E-state index in [1.54, 1.807) is 18.2 Å². The lowest BCUT2D eigenvalue weighted by atomic mass is 10.1. The standard InChI is InChI=1S/C17H17Cl2N3OS2/c1-11-4-2-3-5-12(11)9-25-10-16(23)21-22-17(24)20-15-7-6-13(18)8-14(15)19/h2-8H,9-10H2,1H3,(H,21,23)(H2,20,22,24). The number of carbonyl (C=O) groups excluding carboxylic acids is 1. The predicted molar refractivity (Wildman–Crippen MR) is 111 cm³/mol. The van der Waals surface area contributed by atoms with Crippen molar-refractivity contribution in [2.75, 3.05) is 11.1 Å². The van der Waals surface area contributed by atoms with E-state index in [2.05, 4.69) is 35.2 Å². The largest absolute Gasteiger partial charge is 0.330 e. The number of nitrogens with one attached hydrogen (secondary N) is 3. The van der Waals surface area contributed by atoms with Gasteiger partial charge in [0.05, 0.1) is 16.5 Å². The van der Waals surface area contributed by atoms with Gasteiger partial charge in [-0.1, -0.05) is 47.5 Å². The molecule has 0 unspecified atom stereocenters. The summed E-state index contributed by atoms with van der Waals surface area (Å²) >= 11 is 18.5. The summed E-state index contributed by atoms with van der Waals surface area (Å²) in [4.78, 5) is 11.9. The second kappa shape index (κ2) is 9.87. The van der Waals surface area contributed by atoms with E-state index < -0.39 is 0 Å². The summed E-state index contributed by atoms with van der Waals surface area (Å²) in [6, 6.07) is 13.1. The summed E-state index contributed by atoms with van der Waals surface area (Å²) in [5.41, 5.74) is 8.25. The van der Waals surface area contributed by atoms with Crippen molar-refractivity contribution in [3.05, 3.63) is 63.6 Å². The van der Waals surface area contributed by atoms with Crippen LogP contribution in [0.15, 0.2) is 42.5 Å². The van der Waals surface area contributed by atoms with Crippen LogP contribution < -0.4 is 16.2 Å². The fraction of sp³-hybridized carbons (Fsp3) is 0.176. The molecule has 0 aliphatic heterocycles. The molecule has 0 spiro atoms. The van der Waals surface area contributed by atoms with E-state index in [0.717, 1.165) is 5.75 Å². The third-order valence-corrected chi connectivity index (χ3v) is 4.98. The molecular formula is C17H17Cl2N3OS2. The Morgan fingerprint density at radius 2 is 1.92 bits per heavy atom. The molecule has 25 heavy (non-hydrogen) atoms. The molecule has 2 rings (SSSR count). The fourth-order valence-electron chi connectivity index (χ4n) is 1.93. The van der Waals surface area contributed by atoms with E-state index in [1.165, 1.54) is 22.9 Å². The lowest BCUT2D eigenvalue weighted by Gasteiger charge is -2.12. The zero-order chi connectivity index (χ0) is 18.2. The number of thioether (sulfide) groups is 1. The molecule has 0 aliphatic carbocycles. The molecule has 2 aromatic carbocycles. The van der Waals surface area contributed by atoms with Crippen molar-refractivity contribution in [2.45, 2.75) is 12.7 Å². The number of carbonyl (C=O) groups is 1. The highest BCUT2D eigenvalue weighted by Gasteiger charge is 2.06. The third-order valence-electron chi connectivity index (χ3n) is 3.25. The number of aryl methyl sites for hydroxylation is 1. The van der Waals surface area contributed by atoms with E-state index in [9.17, 15) is 4.79 Å². The molecule has 8 heteroatoms. The van der Waals surface area contributed by atoms with Crippen molar-refractivity contribution >= 4 is 63.9 Å². The van der Waals surface area contributed by atoms with Crippen LogP contribution >= 0.6 is 47.2 Å². The van der Waals surface area contributed by atoms with E-state index in [-0.39, 0.29) is 11.0 Å². The number of rotatable bonds is 5. The lowest BCUT2D eigenvalue weighted by molar-refractivity contribution is -0.119. The minimum Gasteiger partial charge on any atom is -0.330 e. The molecule has 0 aromatic heterocycles. The van der Waals surface area contributed by atoms with Gasteiger partial charge in [-0.25, -0.2) is 0 Å². The maximum absolute atomic E-state index is 11.9. The Hall–Kier alpha value is -1.47. The monoisotopic (exact) mass is 413 g/mol. The van der Waals surface area contributed by atoms with Gasteiger partial charge in [-0.15, -0.1) is 11.8 Å². The van der Waals surface area contributed by atoms with Crippen LogP contribution in [0.3, 0.4) is 0 Å². The summed E-state index contributed by atoms with van der Waals surface area (Å²) in [5, 5.41) is 4.10. The first-order valence-corrected chi connectivity index (χ1v) is 9.70. The van der Waals surface area contributed by atoms with Crippen molar-refractivity contribution in [1.82, 2.24) is 10.9 Å². The minimum absolute atomic E-state index is 0.162. The van der Waals surface area contributed by atoms with Crippen LogP contribution in [0.5, 0.6) is 0 Å². The summed E-state index contributed by atoms with van der Waals surface area (Å²) in [6.45, 7) is 2.06. The molecule has 0 heterocycles. The second-order valence-corrected chi connectivity index (χ2v) is 7.41. The van der Waals surface area contributed by atoms with Gasteiger partial charge in [-0.3, -0.25) is 15.6 Å². The number of hydrogen-bond donors (Lipinski definition) is 3. The summed E-state index contributed by atoms with van der Waals surface area (Å²) in [5.74, 6) is 0.944. The van der Waals surface area contributed by atoms with Gasteiger partial charge < -0.3 is 5.32 Å². The van der Waals surface area contributed by atoms with Crippen molar-refractivity contribution in [1.29, 1.82) is 0 Å². The maximum Gasteiger partial charge on any atom is 0.248 e. The zero-order valence-corrected chi connectivity index (χ0v) is 16.6. The minimum atomic E-state index is -0.162. The van der Waals surface area contributed by atoms with E-state index >= 15 is 0 Å². The average molecular weight is 414 g/mol. The van der Waals surface area contributed by atoms with Crippen LogP contribution in [-0.2, 0) is 10.5 Å². The SMILES string of the molecule is Cc1ccccc1CSCC(=O)NNC(=S)Nc1ccc(Cl)cc1Cl. The van der Waals surface area contributed by atoms with Crippen LogP contribution in [0.4, 0.5) is 5.69 Å². The maximum atomic E-state index is 11.9. The first kappa shape index (κ1) is 19.8. The number of hydrazine groups is 1. The summed E-state index contributed by atoms with van der Waals surface area (Å²) < 4.78 is 0. The van der Waals surface area contributed by atoms with Gasteiger partial charge in [0, 0.05) is 10.8 Å². The van der Waals surface area contributed by atoms with Crippen LogP contribution in [0.1, 0.15) is 11.1 Å². The number of benzene rings is 2. The van der Waals surface area contributed by atoms with Crippen LogP contribution in [-0.4, -0.2) is 16.8 Å². The van der Waals surface area contributed by atoms with E-state index in [0.29, 0.717) is 21.5 Å². The molecule has 0 bridgehead atoms. The third kappa shape index (κ3) is 6.74. The van der Waals surface area contributed by atoms with Gasteiger partial charge >= 0.3 is 0 Å². The molecule has 3 N–H and O–H groups in total. The number of halogens is 2. The number of anilines is 1. The quantitative estimate of drug-likeness (QED) is 0.495. The Bertz CT molecular complexity index is 771. The first-order chi connectivity index (χ1) is 12.0. The normalized spacial score (nSPS) is 10.2. The Kier molecular flexibility index (Phi) is 7.84. The Morgan fingerprint density at radius 3 is 2.64 bits per heavy atom. The van der Waals surface area contributed by atoms with Crippen molar-refractivity contribution in [2.24, 2.45) is 0 Å². The average Bonchev–Trinajstić information content (AvgIpc) is 2.57. The Morgan fingerprint density at radius 1 is 1.16 bits per heavy atom. The van der Waals surface area contributed by atoms with Crippen LogP contribution in [0, 0.1) is 6.92 Å². The topological polar surface area (TPSA) is 53.2 Å². The molecular weight excluding hydrogens is 397 g/mol. The second-order valence-electron chi connectivity index (χ2n) is 5.17. The Labute approximate surface area is 166 Å². The highest BCUT2D eigenvalue weighted by Crippen LogP contribution is 2.25. The van der Waals surface area contributed by atoms with Crippen LogP contribution in [0.2, 0.25) is 10.0 Å². The fourth-order valence-corrected chi connectivity index (χ4v) is 3.45. The predicted octanol–water partition coefficient (Wildman–Crippen LogP) is 4.55. The van der Waals surface area contributed by atoms with Gasteiger partial charge in [0.2, 0.25) is 5.91 Å². The molecule has 2 aromatic rings. The number of amides is 1. The highest BCUT2D eigenvalue weighted by molar-refractivity contribution is 7.99. The lowest BCUT2D eigenvalue weighted by Crippen LogP contribution is -2.44. The van der Waals surface area contributed by atoms with E-state index in [1.807, 2.05) is 12.1 Å². The number of hydrogen-bond acceptors (Lipinski definition) is 3. The molecule has 132 valence electrons. The molecule has 0 aliphatic rings. The van der Waals surface area contributed by atoms with Crippen molar-refractivity contribution in [3.8, 4) is 0 Å². The first-order valence-electron chi connectivity index (χ1n) is 7.39. The summed E-state index contributed by atoms with van der Waals surface area (Å²) in [7, 11) is 0. The molecule has 1 amide bonds. The van der Waals surface area contributed by atoms with Gasteiger partial charge in [-0.2, -0.15) is 0 Å². The van der Waals surface area contributed by atoms with Gasteiger partial charge in [0.15, 0.2) is 5.11 Å². The van der Waals surface area contributed by atoms with Gasteiger partial charge in [-0.05, 0) is 48.5 Å². The van der Waals surface area contributed by atoms with Gasteiger partial charge in [0.1, 0.15) is 0 Å². The Balaban J connectivity index is 1.70. The number of thiocarbonyl (C=S) groups is 1. The molecule has 0 radical (unpaired) electrons. The highest BCUT2D eigenvalue weighted by atomic mass is 35.5. The smallest absolute Gasteiger partial charge is 0.248 e. The molecule has 0 atom stereocenters. The van der Waals surface area contributed by atoms with E-state index in [4.69, 9.17) is 35.4 Å². The molecule has 0 saturated heterocycles. The molecule has 0 saturated carbocycles. The van der Waals surface area contributed by atoms with Crippen LogP contribution in [0.25, 0.3) is 0 Å². The summed E-state index contributed by atoms with van der Waals surface area (Å²) in [6.07, 6.45) is 0. The zero-order valence-electron chi connectivity index (χ0n) is 13.4. The van der Waals surface area contributed by atoms with Gasteiger partial charge in [0.25, 0.3) is 0 Å². The molecule has 0 fully saturated rings. The van der Waals surface area contributed by atoms with Crippen molar-refractivity contribution in [3.63, 3.8) is 0 Å². The molecule has 4 nitrogen and oxygen atoms in total.